The van der Waals surface area contributed by atoms with Crippen LogP contribution in [0.15, 0.2) is 0 Å². The third-order valence-electron chi connectivity index (χ3n) is 10.3. The second kappa shape index (κ2) is 28.1. The minimum atomic E-state index is 0. The maximum atomic E-state index is 8.98. The van der Waals surface area contributed by atoms with Crippen molar-refractivity contribution in [1.29, 1.82) is 0 Å². The van der Waals surface area contributed by atoms with E-state index in [1.165, 1.54) is 0 Å². The summed E-state index contributed by atoms with van der Waals surface area (Å²) >= 11 is 0. The van der Waals surface area contributed by atoms with Gasteiger partial charge in [-0.3, -0.25) is 0 Å². The minimum absolute atomic E-state index is 0. The van der Waals surface area contributed by atoms with Gasteiger partial charge < -0.3 is 20.4 Å². The Morgan fingerprint density at radius 3 is 0.351 bits per heavy atom. The van der Waals surface area contributed by atoms with Crippen LogP contribution >= 0.6 is 0 Å². The Morgan fingerprint density at radius 1 is 0.270 bits per heavy atom. The van der Waals surface area contributed by atoms with Crippen molar-refractivity contribution >= 4 is 0 Å². The molecule has 0 bridgehead atoms. The summed E-state index contributed by atoms with van der Waals surface area (Å²) in [5, 5.41) is 35.9. The molecule has 0 aliphatic heterocycles. The Hall–Kier alpha value is 0.554. The van der Waals surface area contributed by atoms with E-state index in [2.05, 4.69) is 83.1 Å². The summed E-state index contributed by atoms with van der Waals surface area (Å²) in [6, 6.07) is 0. The monoisotopic (exact) mass is 568 g/mol. The van der Waals surface area contributed by atoms with Crippen molar-refractivity contribution in [3.63, 3.8) is 0 Å². The molecular weight excluding hydrogens is 496 g/mol. The fraction of sp³-hybridized carbons (Fsp3) is 1.00. The molecule has 0 aliphatic rings. The minimum Gasteiger partial charge on any atom is -0.396 e. The summed E-state index contributed by atoms with van der Waals surface area (Å²) in [6.45, 7) is 27.1. The van der Waals surface area contributed by atoms with Crippen LogP contribution in [-0.2, 0) is 21.7 Å². The molecule has 0 aromatic carbocycles. The third-order valence-corrected chi connectivity index (χ3v) is 10.3. The first-order valence-electron chi connectivity index (χ1n) is 15.4. The average molecular weight is 569 g/mol. The van der Waals surface area contributed by atoms with Gasteiger partial charge >= 0.3 is 0 Å². The normalized spacial score (nSPS) is 11.7. The van der Waals surface area contributed by atoms with E-state index in [-0.39, 0.29) is 43.4 Å². The van der Waals surface area contributed by atoms with E-state index in [1.807, 2.05) is 0 Å². The van der Waals surface area contributed by atoms with Gasteiger partial charge in [0.05, 0.1) is 0 Å². The van der Waals surface area contributed by atoms with Gasteiger partial charge in [-0.2, -0.15) is 0 Å². The first-order chi connectivity index (χ1) is 17.0. The van der Waals surface area contributed by atoms with Gasteiger partial charge in [-0.15, -0.1) is 0 Å². The molecule has 0 rings (SSSR count). The zero-order chi connectivity index (χ0) is 29.3. The largest absolute Gasteiger partial charge is 0.396 e. The smallest absolute Gasteiger partial charge is 0.0487 e. The molecule has 0 aromatic rings. The number of aliphatic hydroxyl groups is 4. The van der Waals surface area contributed by atoms with Gasteiger partial charge in [0.1, 0.15) is 0 Å². The Kier molecular flexibility index (Phi) is 36.0. The van der Waals surface area contributed by atoms with Crippen LogP contribution in [0.3, 0.4) is 0 Å². The summed E-state index contributed by atoms with van der Waals surface area (Å²) in [6.07, 6.45) is 13.1. The van der Waals surface area contributed by atoms with Crippen molar-refractivity contribution in [1.82, 2.24) is 0 Å². The van der Waals surface area contributed by atoms with Crippen LogP contribution in [0.5, 0.6) is 0 Å². The molecular formula is C32H72O4Ti. The zero-order valence-corrected chi connectivity index (χ0v) is 29.2. The van der Waals surface area contributed by atoms with Crippen LogP contribution in [0, 0.1) is 21.7 Å². The molecule has 0 atom stereocenters. The molecule has 0 spiro atoms. The van der Waals surface area contributed by atoms with Crippen LogP contribution in [0.2, 0.25) is 0 Å². The van der Waals surface area contributed by atoms with Crippen LogP contribution in [0.4, 0.5) is 0 Å². The van der Waals surface area contributed by atoms with Crippen LogP contribution in [0.25, 0.3) is 0 Å². The fourth-order valence-electron chi connectivity index (χ4n) is 4.34. The standard InChI is InChI=1S/4C8H18O.Ti/c4*1-4-8(5-2,6-3)7-9;/h4*9H,4-7H2,1-3H3;. The summed E-state index contributed by atoms with van der Waals surface area (Å²) in [4.78, 5) is 0. The van der Waals surface area contributed by atoms with E-state index in [0.717, 1.165) is 77.0 Å². The van der Waals surface area contributed by atoms with E-state index in [1.54, 1.807) is 0 Å². The molecule has 4 nitrogen and oxygen atoms in total. The quantitative estimate of drug-likeness (QED) is 0.140. The molecule has 0 aliphatic carbocycles. The second-order valence-corrected chi connectivity index (χ2v) is 10.9. The molecule has 0 saturated heterocycles. The van der Waals surface area contributed by atoms with Crippen LogP contribution in [-0.4, -0.2) is 46.9 Å². The first-order valence-corrected chi connectivity index (χ1v) is 15.4. The van der Waals surface area contributed by atoms with Gasteiger partial charge in [0.15, 0.2) is 0 Å². The van der Waals surface area contributed by atoms with Crippen LogP contribution in [0.1, 0.15) is 160 Å². The van der Waals surface area contributed by atoms with E-state index in [4.69, 9.17) is 20.4 Å². The molecule has 0 fully saturated rings. The van der Waals surface area contributed by atoms with E-state index in [0.29, 0.717) is 26.4 Å². The van der Waals surface area contributed by atoms with E-state index >= 15 is 0 Å². The second-order valence-electron chi connectivity index (χ2n) is 10.9. The molecule has 0 aromatic heterocycles. The number of aliphatic hydroxyl groups excluding tert-OH is 4. The molecule has 5 heteroatoms. The number of rotatable bonds is 16. The number of hydrogen-bond donors (Lipinski definition) is 4. The maximum absolute atomic E-state index is 8.98. The Labute approximate surface area is 249 Å². The molecule has 4 N–H and O–H groups in total. The molecule has 0 unspecified atom stereocenters. The Bertz CT molecular complexity index is 276. The topological polar surface area (TPSA) is 80.9 Å². The van der Waals surface area contributed by atoms with Crippen molar-refractivity contribution in [3.8, 4) is 0 Å². The van der Waals surface area contributed by atoms with Gasteiger partial charge in [0.25, 0.3) is 0 Å². The van der Waals surface area contributed by atoms with Crippen molar-refractivity contribution in [2.75, 3.05) is 26.4 Å². The van der Waals surface area contributed by atoms with Gasteiger partial charge in [0.2, 0.25) is 0 Å². The summed E-state index contributed by atoms with van der Waals surface area (Å²) in [7, 11) is 0. The van der Waals surface area contributed by atoms with E-state index in [9.17, 15) is 0 Å². The van der Waals surface area contributed by atoms with Gasteiger partial charge in [0, 0.05) is 48.1 Å². The van der Waals surface area contributed by atoms with Gasteiger partial charge in [-0.05, 0) is 98.7 Å². The molecule has 37 heavy (non-hydrogen) atoms. The van der Waals surface area contributed by atoms with E-state index < -0.39 is 0 Å². The van der Waals surface area contributed by atoms with Gasteiger partial charge in [-0.25, -0.2) is 0 Å². The predicted molar refractivity (Wildman–Crippen MR) is 162 cm³/mol. The Balaban J connectivity index is -0.000000122. The summed E-state index contributed by atoms with van der Waals surface area (Å²) < 4.78 is 0. The predicted octanol–water partition coefficient (Wildman–Crippen LogP) is 8.78. The summed E-state index contributed by atoms with van der Waals surface area (Å²) in [5.41, 5.74) is 0.889. The Morgan fingerprint density at radius 2 is 0.351 bits per heavy atom. The maximum Gasteiger partial charge on any atom is 0.0487 e. The molecule has 0 saturated carbocycles. The van der Waals surface area contributed by atoms with Gasteiger partial charge in [-0.1, -0.05) is 83.1 Å². The van der Waals surface area contributed by atoms with Crippen molar-refractivity contribution < 1.29 is 42.1 Å². The number of hydrogen-bond acceptors (Lipinski definition) is 4. The van der Waals surface area contributed by atoms with Crippen molar-refractivity contribution in [2.24, 2.45) is 21.7 Å². The SMILES string of the molecule is CCC(CC)(CC)CO.CCC(CC)(CC)CO.CCC(CC)(CC)CO.CCC(CC)(CC)CO.[Ti]. The molecule has 0 radical (unpaired) electrons. The van der Waals surface area contributed by atoms with Crippen LogP contribution < -0.4 is 0 Å². The summed E-state index contributed by atoms with van der Waals surface area (Å²) in [5.74, 6) is 0. The molecule has 0 amide bonds. The zero-order valence-electron chi connectivity index (χ0n) is 27.6. The third kappa shape index (κ3) is 18.5. The fourth-order valence-corrected chi connectivity index (χ4v) is 4.34. The van der Waals surface area contributed by atoms with Crippen molar-refractivity contribution in [2.45, 2.75) is 160 Å². The van der Waals surface area contributed by atoms with Crippen molar-refractivity contribution in [3.05, 3.63) is 0 Å². The molecule has 228 valence electrons. The molecule has 0 heterocycles. The average Bonchev–Trinajstić information content (AvgIpc) is 2.96. The first kappa shape index (κ1) is 47.3.